The lowest BCUT2D eigenvalue weighted by Crippen LogP contribution is -2.29. The number of para-hydroxylation sites is 1. The van der Waals surface area contributed by atoms with Crippen LogP contribution in [0.3, 0.4) is 0 Å². The maximum absolute atomic E-state index is 11.6. The highest BCUT2D eigenvalue weighted by Crippen LogP contribution is 2.32. The van der Waals surface area contributed by atoms with Gasteiger partial charge < -0.3 is 26.1 Å². The predicted molar refractivity (Wildman–Crippen MR) is 95.3 cm³/mol. The molecule has 2 amide bonds. The Labute approximate surface area is 143 Å². The molecule has 8 nitrogen and oxygen atoms in total. The second-order valence-corrected chi connectivity index (χ2v) is 5.77. The first-order chi connectivity index (χ1) is 11.9. The normalized spacial score (nSPS) is 12.2. The molecule has 0 saturated heterocycles. The van der Waals surface area contributed by atoms with Gasteiger partial charge in [-0.05, 0) is 19.1 Å². The maximum atomic E-state index is 11.6. The minimum Gasteiger partial charge on any atom is -0.453 e. The van der Waals surface area contributed by atoms with Crippen molar-refractivity contribution in [2.45, 2.75) is 13.0 Å². The van der Waals surface area contributed by atoms with Crippen molar-refractivity contribution in [1.29, 1.82) is 0 Å². The zero-order valence-electron chi connectivity index (χ0n) is 13.9. The number of carbonyl (C=O) groups is 2. The fourth-order valence-corrected chi connectivity index (χ4v) is 2.96. The second-order valence-electron chi connectivity index (χ2n) is 5.77. The average molecular weight is 341 g/mol. The second kappa shape index (κ2) is 6.31. The first kappa shape index (κ1) is 16.6. The first-order valence-corrected chi connectivity index (χ1v) is 7.74. The quantitative estimate of drug-likeness (QED) is 0.667. The topological polar surface area (TPSA) is 125 Å². The number of anilines is 1. The third kappa shape index (κ3) is 2.82. The first-order valence-electron chi connectivity index (χ1n) is 7.74. The molecular formula is C17H19N5O3. The molecule has 0 fully saturated rings. The van der Waals surface area contributed by atoms with Gasteiger partial charge in [-0.1, -0.05) is 18.2 Å². The number of nitrogens with one attached hydrogen (secondary N) is 1. The lowest BCUT2D eigenvalue weighted by molar-refractivity contribution is 0.100. The molecule has 0 spiro atoms. The molecule has 3 aromatic rings. The number of carbonyl (C=O) groups excluding carboxylic acids is 2. The largest absolute Gasteiger partial charge is 0.453 e. The zero-order valence-corrected chi connectivity index (χ0v) is 13.9. The summed E-state index contributed by atoms with van der Waals surface area (Å²) in [5.41, 5.74) is 13.0. The van der Waals surface area contributed by atoms with E-state index in [0.29, 0.717) is 12.2 Å². The molecule has 1 aromatic carbocycles. The minimum atomic E-state index is -0.621. The summed E-state index contributed by atoms with van der Waals surface area (Å²) in [7, 11) is 1.31. The molecule has 0 saturated carbocycles. The SMILES string of the molecule is COC(=O)NCC(C)n1c2ccccc2c2cc(C(N)=O)c(N)nc21. The van der Waals surface area contributed by atoms with E-state index in [9.17, 15) is 9.59 Å². The van der Waals surface area contributed by atoms with Crippen LogP contribution < -0.4 is 16.8 Å². The van der Waals surface area contributed by atoms with Crippen molar-refractivity contribution in [1.82, 2.24) is 14.9 Å². The van der Waals surface area contributed by atoms with E-state index in [-0.39, 0.29) is 17.4 Å². The number of hydrogen-bond acceptors (Lipinski definition) is 5. The van der Waals surface area contributed by atoms with Crippen LogP contribution in [0.1, 0.15) is 23.3 Å². The standard InChI is InChI=1S/C17H19N5O3/c1-9(8-20-17(24)25-2)22-13-6-4-3-5-10(13)11-7-12(15(19)23)14(18)21-16(11)22/h3-7,9H,8H2,1-2H3,(H2,18,21)(H2,19,23)(H,20,24). The van der Waals surface area contributed by atoms with Crippen LogP contribution in [0.25, 0.3) is 21.9 Å². The predicted octanol–water partition coefficient (Wildman–Crippen LogP) is 1.79. The molecule has 0 aliphatic heterocycles. The molecule has 1 atom stereocenters. The van der Waals surface area contributed by atoms with Crippen molar-refractivity contribution in [2.75, 3.05) is 19.4 Å². The van der Waals surface area contributed by atoms with Crippen molar-refractivity contribution < 1.29 is 14.3 Å². The number of methoxy groups -OCH3 is 1. The number of nitrogens with two attached hydrogens (primary N) is 2. The number of amides is 2. The maximum Gasteiger partial charge on any atom is 0.406 e. The molecule has 2 heterocycles. The number of benzene rings is 1. The number of alkyl carbamates (subject to hydrolysis) is 1. The molecule has 25 heavy (non-hydrogen) atoms. The Morgan fingerprint density at radius 2 is 2.04 bits per heavy atom. The van der Waals surface area contributed by atoms with E-state index in [1.165, 1.54) is 7.11 Å². The summed E-state index contributed by atoms with van der Waals surface area (Å²) in [6.45, 7) is 2.29. The highest BCUT2D eigenvalue weighted by molar-refractivity contribution is 6.10. The van der Waals surface area contributed by atoms with Gasteiger partial charge in [0.25, 0.3) is 5.91 Å². The Bertz CT molecular complexity index is 979. The molecule has 3 rings (SSSR count). The monoisotopic (exact) mass is 341 g/mol. The Morgan fingerprint density at radius 1 is 1.32 bits per heavy atom. The van der Waals surface area contributed by atoms with E-state index < -0.39 is 12.0 Å². The molecule has 5 N–H and O–H groups in total. The number of rotatable bonds is 4. The summed E-state index contributed by atoms with van der Waals surface area (Å²) in [6, 6.07) is 9.26. The van der Waals surface area contributed by atoms with Crippen LogP contribution >= 0.6 is 0 Å². The van der Waals surface area contributed by atoms with Crippen LogP contribution in [0.4, 0.5) is 10.6 Å². The van der Waals surface area contributed by atoms with Crippen molar-refractivity contribution in [2.24, 2.45) is 5.73 Å². The Kier molecular flexibility index (Phi) is 4.18. The van der Waals surface area contributed by atoms with Crippen molar-refractivity contribution in [3.05, 3.63) is 35.9 Å². The number of hydrogen-bond donors (Lipinski definition) is 3. The van der Waals surface area contributed by atoms with Crippen LogP contribution in [0, 0.1) is 0 Å². The van der Waals surface area contributed by atoms with Gasteiger partial charge in [-0.25, -0.2) is 9.78 Å². The van der Waals surface area contributed by atoms with Gasteiger partial charge in [-0.3, -0.25) is 4.79 Å². The zero-order chi connectivity index (χ0) is 18.1. The third-order valence-corrected chi connectivity index (χ3v) is 4.15. The van der Waals surface area contributed by atoms with Crippen LogP contribution in [0.15, 0.2) is 30.3 Å². The summed E-state index contributed by atoms with van der Waals surface area (Å²) in [4.78, 5) is 27.3. The average Bonchev–Trinajstić information content (AvgIpc) is 2.91. The van der Waals surface area contributed by atoms with Gasteiger partial charge in [-0.2, -0.15) is 0 Å². The molecule has 0 bridgehead atoms. The van der Waals surface area contributed by atoms with E-state index in [1.807, 2.05) is 35.8 Å². The number of nitrogens with zero attached hydrogens (tertiary/aromatic N) is 2. The number of pyridine rings is 1. The summed E-state index contributed by atoms with van der Waals surface area (Å²) < 4.78 is 6.58. The number of ether oxygens (including phenoxy) is 1. The number of fused-ring (bicyclic) bond motifs is 3. The summed E-state index contributed by atoms with van der Waals surface area (Å²) in [5.74, 6) is -0.540. The van der Waals surface area contributed by atoms with Gasteiger partial charge in [-0.15, -0.1) is 0 Å². The van der Waals surface area contributed by atoms with Crippen molar-refractivity contribution in [3.8, 4) is 0 Å². The molecule has 1 unspecified atom stereocenters. The Balaban J connectivity index is 2.20. The smallest absolute Gasteiger partial charge is 0.406 e. The molecular weight excluding hydrogens is 322 g/mol. The Morgan fingerprint density at radius 3 is 2.72 bits per heavy atom. The Hall–Kier alpha value is -3.29. The number of nitrogen functional groups attached to an aromatic ring is 1. The minimum absolute atomic E-state index is 0.0807. The number of aromatic nitrogens is 2. The van der Waals surface area contributed by atoms with Gasteiger partial charge in [0.05, 0.1) is 24.2 Å². The molecule has 8 heteroatoms. The summed E-state index contributed by atoms with van der Waals surface area (Å²) in [6.07, 6.45) is -0.504. The van der Waals surface area contributed by atoms with E-state index in [1.54, 1.807) is 6.07 Å². The van der Waals surface area contributed by atoms with Gasteiger partial charge in [0.15, 0.2) is 0 Å². The van der Waals surface area contributed by atoms with Gasteiger partial charge in [0, 0.05) is 17.3 Å². The third-order valence-electron chi connectivity index (χ3n) is 4.15. The molecule has 130 valence electrons. The lowest BCUT2D eigenvalue weighted by Gasteiger charge is -2.17. The van der Waals surface area contributed by atoms with Crippen LogP contribution in [-0.2, 0) is 4.74 Å². The highest BCUT2D eigenvalue weighted by Gasteiger charge is 2.19. The molecule has 0 radical (unpaired) electrons. The van der Waals surface area contributed by atoms with E-state index >= 15 is 0 Å². The van der Waals surface area contributed by atoms with Gasteiger partial charge in [0.1, 0.15) is 11.5 Å². The molecule has 0 aliphatic rings. The molecule has 0 aliphatic carbocycles. The van der Waals surface area contributed by atoms with Crippen LogP contribution in [0.2, 0.25) is 0 Å². The summed E-state index contributed by atoms with van der Waals surface area (Å²) in [5, 5.41) is 4.39. The van der Waals surface area contributed by atoms with Gasteiger partial charge >= 0.3 is 6.09 Å². The van der Waals surface area contributed by atoms with Crippen LogP contribution in [-0.4, -0.2) is 35.2 Å². The van der Waals surface area contributed by atoms with Crippen LogP contribution in [0.5, 0.6) is 0 Å². The number of primary amides is 1. The fraction of sp³-hybridized carbons (Fsp3) is 0.235. The van der Waals surface area contributed by atoms with E-state index in [4.69, 9.17) is 11.5 Å². The van der Waals surface area contributed by atoms with Crippen molar-refractivity contribution in [3.63, 3.8) is 0 Å². The summed E-state index contributed by atoms with van der Waals surface area (Å²) >= 11 is 0. The van der Waals surface area contributed by atoms with Crippen molar-refractivity contribution >= 4 is 39.8 Å². The van der Waals surface area contributed by atoms with E-state index in [0.717, 1.165) is 16.3 Å². The van der Waals surface area contributed by atoms with Gasteiger partial charge in [0.2, 0.25) is 0 Å². The highest BCUT2D eigenvalue weighted by atomic mass is 16.5. The molecule has 2 aromatic heterocycles. The lowest BCUT2D eigenvalue weighted by atomic mass is 10.1. The van der Waals surface area contributed by atoms with E-state index in [2.05, 4.69) is 15.0 Å². The fourth-order valence-electron chi connectivity index (χ4n) is 2.96.